The van der Waals surface area contributed by atoms with Gasteiger partial charge in [-0.05, 0) is 48.9 Å². The van der Waals surface area contributed by atoms with Crippen molar-refractivity contribution in [2.75, 3.05) is 5.75 Å². The smallest absolute Gasteiger partial charge is 0.197 e. The number of aromatic nitrogens is 3. The standard InChI is InChI=1S/C22H17Cl2N3O3S/c1-13(28)12-31-22-25-21(26-27-22)20-8-7-19(30-20)15-3-2-4-16(10-15)29-11-14-5-6-17(23)18(24)9-14/h2-10H,11-12H2,1H3,(H,25,26,27). The molecule has 0 atom stereocenters. The maximum atomic E-state index is 11.1. The molecule has 0 aliphatic carbocycles. The second-order valence-electron chi connectivity index (χ2n) is 6.70. The van der Waals surface area contributed by atoms with E-state index in [0.29, 0.717) is 50.7 Å². The molecule has 0 spiro atoms. The highest BCUT2D eigenvalue weighted by Crippen LogP contribution is 2.30. The van der Waals surface area contributed by atoms with Crippen LogP contribution in [0, 0.1) is 0 Å². The molecule has 2 aromatic carbocycles. The molecule has 0 aliphatic rings. The van der Waals surface area contributed by atoms with E-state index in [9.17, 15) is 4.79 Å². The number of H-pyrrole nitrogens is 1. The Bertz CT molecular complexity index is 1220. The molecule has 0 unspecified atom stereocenters. The molecular weight excluding hydrogens is 457 g/mol. The number of hydrogen-bond donors (Lipinski definition) is 1. The summed E-state index contributed by atoms with van der Waals surface area (Å²) in [5, 5.41) is 9.70. The van der Waals surface area contributed by atoms with Crippen LogP contribution in [0.1, 0.15) is 12.5 Å². The summed E-state index contributed by atoms with van der Waals surface area (Å²) in [6, 6.07) is 16.7. The van der Waals surface area contributed by atoms with E-state index in [2.05, 4.69) is 15.2 Å². The van der Waals surface area contributed by atoms with Crippen molar-refractivity contribution in [2.24, 2.45) is 0 Å². The summed E-state index contributed by atoms with van der Waals surface area (Å²) >= 11 is 13.3. The lowest BCUT2D eigenvalue weighted by molar-refractivity contribution is -0.114. The van der Waals surface area contributed by atoms with Gasteiger partial charge in [-0.3, -0.25) is 4.79 Å². The molecule has 0 bridgehead atoms. The Morgan fingerprint density at radius 1 is 1.06 bits per heavy atom. The maximum Gasteiger partial charge on any atom is 0.197 e. The Morgan fingerprint density at radius 3 is 2.71 bits per heavy atom. The molecule has 1 N–H and O–H groups in total. The lowest BCUT2D eigenvalue weighted by atomic mass is 10.1. The summed E-state index contributed by atoms with van der Waals surface area (Å²) in [7, 11) is 0. The highest BCUT2D eigenvalue weighted by Gasteiger charge is 2.12. The molecule has 0 saturated carbocycles. The van der Waals surface area contributed by atoms with E-state index in [4.69, 9.17) is 32.4 Å². The number of thioether (sulfide) groups is 1. The zero-order valence-electron chi connectivity index (χ0n) is 16.4. The zero-order chi connectivity index (χ0) is 21.8. The molecule has 6 nitrogen and oxygen atoms in total. The number of furan rings is 1. The fraction of sp³-hybridized carbons (Fsp3) is 0.136. The Kier molecular flexibility index (Phi) is 6.65. The van der Waals surface area contributed by atoms with Crippen LogP contribution in [0.15, 0.2) is 64.2 Å². The van der Waals surface area contributed by atoms with Crippen molar-refractivity contribution in [2.45, 2.75) is 18.7 Å². The fourth-order valence-electron chi connectivity index (χ4n) is 2.75. The summed E-state index contributed by atoms with van der Waals surface area (Å²) in [6.45, 7) is 1.90. The largest absolute Gasteiger partial charge is 0.489 e. The van der Waals surface area contributed by atoms with E-state index in [-0.39, 0.29) is 5.78 Å². The van der Waals surface area contributed by atoms with Gasteiger partial charge in [-0.25, -0.2) is 0 Å². The average molecular weight is 474 g/mol. The molecule has 31 heavy (non-hydrogen) atoms. The summed E-state index contributed by atoms with van der Waals surface area (Å²) in [5.41, 5.74) is 1.78. The minimum absolute atomic E-state index is 0.0736. The Labute approximate surface area is 192 Å². The van der Waals surface area contributed by atoms with Crippen molar-refractivity contribution >= 4 is 40.7 Å². The number of Topliss-reactive ketones (excluding diaryl/α,β-unsaturated/α-hetero) is 1. The highest BCUT2D eigenvalue weighted by molar-refractivity contribution is 7.99. The van der Waals surface area contributed by atoms with Gasteiger partial charge in [0.25, 0.3) is 0 Å². The van der Waals surface area contributed by atoms with Crippen molar-refractivity contribution < 1.29 is 13.9 Å². The molecule has 0 amide bonds. The molecule has 158 valence electrons. The van der Waals surface area contributed by atoms with Gasteiger partial charge in [-0.1, -0.05) is 53.2 Å². The van der Waals surface area contributed by atoms with E-state index < -0.39 is 0 Å². The first-order valence-corrected chi connectivity index (χ1v) is 11.0. The summed E-state index contributed by atoms with van der Waals surface area (Å²) < 4.78 is 11.8. The zero-order valence-corrected chi connectivity index (χ0v) is 18.7. The lowest BCUT2D eigenvalue weighted by Gasteiger charge is -2.08. The predicted octanol–water partition coefficient (Wildman–Crippen LogP) is 6.30. The van der Waals surface area contributed by atoms with Crippen LogP contribution in [0.25, 0.3) is 22.9 Å². The molecule has 0 saturated heterocycles. The molecule has 2 heterocycles. The van der Waals surface area contributed by atoms with Gasteiger partial charge in [-0.15, -0.1) is 10.2 Å². The summed E-state index contributed by atoms with van der Waals surface area (Å²) in [6.07, 6.45) is 0. The number of nitrogens with zero attached hydrogens (tertiary/aromatic N) is 2. The van der Waals surface area contributed by atoms with E-state index in [1.807, 2.05) is 42.5 Å². The third-order valence-electron chi connectivity index (χ3n) is 4.23. The molecule has 9 heteroatoms. The highest BCUT2D eigenvalue weighted by atomic mass is 35.5. The quantitative estimate of drug-likeness (QED) is 0.302. The van der Waals surface area contributed by atoms with Gasteiger partial charge in [0.05, 0.1) is 15.8 Å². The fourth-order valence-corrected chi connectivity index (χ4v) is 3.68. The third kappa shape index (κ3) is 5.50. The Morgan fingerprint density at radius 2 is 1.90 bits per heavy atom. The number of carbonyl (C=O) groups excluding carboxylic acids is 1. The van der Waals surface area contributed by atoms with Crippen LogP contribution >= 0.6 is 35.0 Å². The molecule has 4 aromatic rings. The molecule has 0 fully saturated rings. The number of carbonyl (C=O) groups is 1. The van der Waals surface area contributed by atoms with Crippen LogP contribution < -0.4 is 4.74 Å². The predicted molar refractivity (Wildman–Crippen MR) is 122 cm³/mol. The number of rotatable bonds is 8. The SMILES string of the molecule is CC(=O)CSc1nnc(-c2ccc(-c3cccc(OCc4ccc(Cl)c(Cl)c4)c3)o2)[nH]1. The van der Waals surface area contributed by atoms with Crippen LogP contribution in [0.5, 0.6) is 5.75 Å². The molecule has 0 radical (unpaired) electrons. The van der Waals surface area contributed by atoms with E-state index in [1.54, 1.807) is 12.1 Å². The third-order valence-corrected chi connectivity index (χ3v) is 5.97. The topological polar surface area (TPSA) is 81.0 Å². The van der Waals surface area contributed by atoms with Crippen molar-refractivity contribution in [1.29, 1.82) is 0 Å². The van der Waals surface area contributed by atoms with E-state index in [0.717, 1.165) is 11.1 Å². The maximum absolute atomic E-state index is 11.1. The van der Waals surface area contributed by atoms with Gasteiger partial charge < -0.3 is 14.1 Å². The second kappa shape index (κ2) is 9.60. The lowest BCUT2D eigenvalue weighted by Crippen LogP contribution is -1.95. The number of hydrogen-bond acceptors (Lipinski definition) is 6. The molecule has 2 aromatic heterocycles. The van der Waals surface area contributed by atoms with E-state index >= 15 is 0 Å². The first-order chi connectivity index (χ1) is 15.0. The normalized spacial score (nSPS) is 10.9. The number of benzene rings is 2. The van der Waals surface area contributed by atoms with Crippen LogP contribution in [0.2, 0.25) is 10.0 Å². The first kappa shape index (κ1) is 21.5. The van der Waals surface area contributed by atoms with Crippen LogP contribution in [-0.4, -0.2) is 26.7 Å². The first-order valence-electron chi connectivity index (χ1n) is 9.30. The number of nitrogens with one attached hydrogen (secondary N) is 1. The monoisotopic (exact) mass is 473 g/mol. The van der Waals surface area contributed by atoms with Crippen molar-refractivity contribution in [3.8, 4) is 28.7 Å². The molecular formula is C22H17Cl2N3O3S. The van der Waals surface area contributed by atoms with Crippen molar-refractivity contribution in [1.82, 2.24) is 15.2 Å². The van der Waals surface area contributed by atoms with E-state index in [1.165, 1.54) is 18.7 Å². The Hall–Kier alpha value is -2.74. The molecule has 0 aliphatic heterocycles. The number of ether oxygens (including phenoxy) is 1. The Balaban J connectivity index is 1.45. The van der Waals surface area contributed by atoms with Gasteiger partial charge in [0, 0.05) is 5.56 Å². The minimum Gasteiger partial charge on any atom is -0.489 e. The van der Waals surface area contributed by atoms with Gasteiger partial charge >= 0.3 is 0 Å². The van der Waals surface area contributed by atoms with Gasteiger partial charge in [0.2, 0.25) is 0 Å². The summed E-state index contributed by atoms with van der Waals surface area (Å²) in [5.74, 6) is 2.84. The van der Waals surface area contributed by atoms with Crippen molar-refractivity contribution in [3.63, 3.8) is 0 Å². The van der Waals surface area contributed by atoms with Crippen LogP contribution in [-0.2, 0) is 11.4 Å². The van der Waals surface area contributed by atoms with Gasteiger partial charge in [0.1, 0.15) is 23.9 Å². The van der Waals surface area contributed by atoms with Gasteiger partial charge in [-0.2, -0.15) is 0 Å². The van der Waals surface area contributed by atoms with Crippen LogP contribution in [0.3, 0.4) is 0 Å². The molecule has 4 rings (SSSR count). The van der Waals surface area contributed by atoms with Crippen LogP contribution in [0.4, 0.5) is 0 Å². The second-order valence-corrected chi connectivity index (χ2v) is 8.48. The number of halogens is 2. The summed E-state index contributed by atoms with van der Waals surface area (Å²) in [4.78, 5) is 14.2. The minimum atomic E-state index is 0.0736. The average Bonchev–Trinajstić information content (AvgIpc) is 3.43. The number of ketones is 1. The number of aromatic amines is 1. The van der Waals surface area contributed by atoms with Crippen molar-refractivity contribution in [3.05, 3.63) is 70.2 Å². The van der Waals surface area contributed by atoms with Gasteiger partial charge in [0.15, 0.2) is 16.7 Å².